The van der Waals surface area contributed by atoms with Crippen molar-refractivity contribution >= 4 is 5.84 Å². The zero-order valence-electron chi connectivity index (χ0n) is 11.7. The van der Waals surface area contributed by atoms with Crippen LogP contribution in [0.1, 0.15) is 44.4 Å². The topological polar surface area (TPSA) is 72.0 Å². The number of nitrogens with one attached hydrogen (secondary N) is 1. The molecule has 0 radical (unpaired) electrons. The van der Waals surface area contributed by atoms with Gasteiger partial charge in [-0.05, 0) is 37.2 Å². The smallest absolute Gasteiger partial charge is 0.142 e. The fourth-order valence-electron chi connectivity index (χ4n) is 3.01. The van der Waals surface area contributed by atoms with Crippen molar-refractivity contribution in [3.8, 4) is 0 Å². The number of nitrogens with zero attached hydrogens (tertiary/aromatic N) is 1. The first-order chi connectivity index (χ1) is 9.06. The van der Waals surface area contributed by atoms with Gasteiger partial charge in [0.25, 0.3) is 0 Å². The molecular formula is C15H23N3O. The standard InChI is InChI=1S/C15H23N3O/c1-10-6-11(2)8-13(7-10)19-9-12-4-3-5-18-14(12)15(16)17/h3-5,10-11,13H,6-9H2,1-2H3,(H3,16,17). The molecule has 0 aromatic carbocycles. The summed E-state index contributed by atoms with van der Waals surface area (Å²) in [5.41, 5.74) is 6.98. The maximum Gasteiger partial charge on any atom is 0.142 e. The summed E-state index contributed by atoms with van der Waals surface area (Å²) in [5, 5.41) is 7.52. The van der Waals surface area contributed by atoms with Gasteiger partial charge in [-0.15, -0.1) is 0 Å². The van der Waals surface area contributed by atoms with Gasteiger partial charge in [-0.25, -0.2) is 0 Å². The molecule has 0 spiro atoms. The van der Waals surface area contributed by atoms with Crippen LogP contribution < -0.4 is 5.73 Å². The van der Waals surface area contributed by atoms with E-state index in [0.29, 0.717) is 18.4 Å². The number of ether oxygens (including phenoxy) is 1. The molecule has 0 saturated heterocycles. The van der Waals surface area contributed by atoms with E-state index in [1.54, 1.807) is 6.20 Å². The summed E-state index contributed by atoms with van der Waals surface area (Å²) in [4.78, 5) is 4.14. The van der Waals surface area contributed by atoms with E-state index in [-0.39, 0.29) is 5.84 Å². The molecule has 0 bridgehead atoms. The second-order valence-electron chi connectivity index (χ2n) is 5.78. The van der Waals surface area contributed by atoms with Crippen LogP contribution in [-0.4, -0.2) is 16.9 Å². The van der Waals surface area contributed by atoms with E-state index in [4.69, 9.17) is 15.9 Å². The number of hydrogen-bond donors (Lipinski definition) is 2. The predicted octanol–water partition coefficient (Wildman–Crippen LogP) is 2.71. The van der Waals surface area contributed by atoms with Crippen LogP contribution in [-0.2, 0) is 11.3 Å². The minimum Gasteiger partial charge on any atom is -0.382 e. The monoisotopic (exact) mass is 261 g/mol. The zero-order chi connectivity index (χ0) is 13.8. The van der Waals surface area contributed by atoms with Crippen molar-refractivity contribution in [1.82, 2.24) is 4.98 Å². The predicted molar refractivity (Wildman–Crippen MR) is 76.0 cm³/mol. The third-order valence-electron chi connectivity index (χ3n) is 3.76. The fourth-order valence-corrected chi connectivity index (χ4v) is 3.01. The molecule has 1 aromatic rings. The van der Waals surface area contributed by atoms with Gasteiger partial charge in [-0.3, -0.25) is 10.4 Å². The third-order valence-corrected chi connectivity index (χ3v) is 3.76. The molecule has 1 saturated carbocycles. The lowest BCUT2D eigenvalue weighted by Crippen LogP contribution is -2.26. The van der Waals surface area contributed by atoms with Crippen molar-refractivity contribution in [2.75, 3.05) is 0 Å². The number of rotatable bonds is 4. The van der Waals surface area contributed by atoms with Crippen LogP contribution in [0.5, 0.6) is 0 Å². The minimum absolute atomic E-state index is 0.00424. The zero-order valence-corrected chi connectivity index (χ0v) is 11.7. The molecular weight excluding hydrogens is 238 g/mol. The molecule has 1 aromatic heterocycles. The molecule has 0 aliphatic heterocycles. The summed E-state index contributed by atoms with van der Waals surface area (Å²) in [7, 11) is 0. The minimum atomic E-state index is 0.00424. The molecule has 2 unspecified atom stereocenters. The van der Waals surface area contributed by atoms with Crippen molar-refractivity contribution in [2.45, 2.75) is 45.8 Å². The average molecular weight is 261 g/mol. The number of nitrogen functional groups attached to an aromatic ring is 1. The van der Waals surface area contributed by atoms with Gasteiger partial charge in [0, 0.05) is 11.8 Å². The molecule has 19 heavy (non-hydrogen) atoms. The van der Waals surface area contributed by atoms with Gasteiger partial charge in [-0.1, -0.05) is 19.9 Å². The highest BCUT2D eigenvalue weighted by Gasteiger charge is 2.24. The number of aromatic nitrogens is 1. The highest BCUT2D eigenvalue weighted by atomic mass is 16.5. The SMILES string of the molecule is CC1CC(C)CC(OCc2cccnc2C(=N)N)C1. The first-order valence-electron chi connectivity index (χ1n) is 6.96. The van der Waals surface area contributed by atoms with Crippen molar-refractivity contribution < 1.29 is 4.74 Å². The molecule has 2 rings (SSSR count). The van der Waals surface area contributed by atoms with Crippen molar-refractivity contribution in [2.24, 2.45) is 17.6 Å². The lowest BCUT2D eigenvalue weighted by Gasteiger charge is -2.31. The van der Waals surface area contributed by atoms with E-state index in [1.807, 2.05) is 12.1 Å². The molecule has 1 aliphatic rings. The summed E-state index contributed by atoms with van der Waals surface area (Å²) in [6.45, 7) is 5.07. The van der Waals surface area contributed by atoms with Crippen LogP contribution in [0.4, 0.5) is 0 Å². The molecule has 2 atom stereocenters. The number of nitrogens with two attached hydrogens (primary N) is 1. The summed E-state index contributed by atoms with van der Waals surface area (Å²) >= 11 is 0. The Kier molecular flexibility index (Phi) is 4.53. The summed E-state index contributed by atoms with van der Waals surface area (Å²) in [6.07, 6.45) is 5.52. The van der Waals surface area contributed by atoms with E-state index < -0.39 is 0 Å². The molecule has 3 N–H and O–H groups in total. The summed E-state index contributed by atoms with van der Waals surface area (Å²) in [6, 6.07) is 3.79. The Bertz CT molecular complexity index is 437. The average Bonchev–Trinajstić information content (AvgIpc) is 2.35. The number of hydrogen-bond acceptors (Lipinski definition) is 3. The second-order valence-corrected chi connectivity index (χ2v) is 5.78. The van der Waals surface area contributed by atoms with Gasteiger partial charge in [0.2, 0.25) is 0 Å². The molecule has 4 heteroatoms. The van der Waals surface area contributed by atoms with Crippen LogP contribution >= 0.6 is 0 Å². The molecule has 1 fully saturated rings. The van der Waals surface area contributed by atoms with E-state index in [1.165, 1.54) is 6.42 Å². The van der Waals surface area contributed by atoms with Crippen molar-refractivity contribution in [3.63, 3.8) is 0 Å². The Balaban J connectivity index is 1.97. The van der Waals surface area contributed by atoms with Gasteiger partial charge in [0.1, 0.15) is 11.5 Å². The highest BCUT2D eigenvalue weighted by molar-refractivity contribution is 5.94. The Morgan fingerprint density at radius 1 is 1.37 bits per heavy atom. The van der Waals surface area contributed by atoms with E-state index in [0.717, 1.165) is 30.2 Å². The van der Waals surface area contributed by atoms with Crippen LogP contribution in [0.3, 0.4) is 0 Å². The fraction of sp³-hybridized carbons (Fsp3) is 0.600. The Hall–Kier alpha value is -1.42. The van der Waals surface area contributed by atoms with Gasteiger partial charge < -0.3 is 10.5 Å². The Morgan fingerprint density at radius 2 is 2.05 bits per heavy atom. The van der Waals surface area contributed by atoms with Crippen LogP contribution in [0.2, 0.25) is 0 Å². The molecule has 104 valence electrons. The van der Waals surface area contributed by atoms with Crippen LogP contribution in [0.15, 0.2) is 18.3 Å². The van der Waals surface area contributed by atoms with Crippen LogP contribution in [0, 0.1) is 17.2 Å². The maximum atomic E-state index is 7.52. The number of pyridine rings is 1. The first-order valence-corrected chi connectivity index (χ1v) is 6.96. The Morgan fingerprint density at radius 3 is 2.68 bits per heavy atom. The second kappa shape index (κ2) is 6.15. The summed E-state index contributed by atoms with van der Waals surface area (Å²) in [5.74, 6) is 1.47. The molecule has 0 amide bonds. The molecule has 1 aliphatic carbocycles. The molecule has 1 heterocycles. The third kappa shape index (κ3) is 3.77. The first kappa shape index (κ1) is 14.0. The normalized spacial score (nSPS) is 27.2. The van der Waals surface area contributed by atoms with E-state index in [2.05, 4.69) is 18.8 Å². The van der Waals surface area contributed by atoms with Crippen LogP contribution in [0.25, 0.3) is 0 Å². The van der Waals surface area contributed by atoms with Gasteiger partial charge in [-0.2, -0.15) is 0 Å². The summed E-state index contributed by atoms with van der Waals surface area (Å²) < 4.78 is 6.01. The highest BCUT2D eigenvalue weighted by Crippen LogP contribution is 2.30. The van der Waals surface area contributed by atoms with Gasteiger partial charge >= 0.3 is 0 Å². The largest absolute Gasteiger partial charge is 0.382 e. The molecule has 4 nitrogen and oxygen atoms in total. The van der Waals surface area contributed by atoms with Crippen molar-refractivity contribution in [1.29, 1.82) is 5.41 Å². The quantitative estimate of drug-likeness (QED) is 0.646. The number of amidine groups is 1. The maximum absolute atomic E-state index is 7.52. The lowest BCUT2D eigenvalue weighted by molar-refractivity contribution is -0.00930. The van der Waals surface area contributed by atoms with E-state index >= 15 is 0 Å². The van der Waals surface area contributed by atoms with Gasteiger partial charge in [0.05, 0.1) is 12.7 Å². The Labute approximate surface area is 114 Å². The van der Waals surface area contributed by atoms with Crippen molar-refractivity contribution in [3.05, 3.63) is 29.6 Å². The van der Waals surface area contributed by atoms with E-state index in [9.17, 15) is 0 Å². The van der Waals surface area contributed by atoms with Gasteiger partial charge in [0.15, 0.2) is 0 Å². The lowest BCUT2D eigenvalue weighted by atomic mass is 9.82.